The number of benzene rings is 3. The number of fused-ring (bicyclic) bond motifs is 1. The van der Waals surface area contributed by atoms with Gasteiger partial charge in [0.1, 0.15) is 11.5 Å². The molecule has 0 N–H and O–H groups in total. The predicted octanol–water partition coefficient (Wildman–Crippen LogP) is 6.13. The Morgan fingerprint density at radius 3 is 2.26 bits per heavy atom. The molecular formula is C27H24O4. The first-order chi connectivity index (χ1) is 14.7. The highest BCUT2D eigenvalue weighted by molar-refractivity contribution is 6.14. The largest absolute Gasteiger partial charge is 0.452 e. The fourth-order valence-corrected chi connectivity index (χ4v) is 3.32. The van der Waals surface area contributed by atoms with E-state index in [4.69, 9.17) is 9.47 Å². The number of aryl methyl sites for hydroxylation is 1. The minimum atomic E-state index is -0.459. The topological polar surface area (TPSA) is 52.6 Å². The Morgan fingerprint density at radius 1 is 0.935 bits per heavy atom. The van der Waals surface area contributed by atoms with Crippen LogP contribution in [0.4, 0.5) is 0 Å². The summed E-state index contributed by atoms with van der Waals surface area (Å²) in [5.74, 6) is 0.315. The van der Waals surface area contributed by atoms with E-state index < -0.39 is 5.97 Å². The molecule has 0 unspecified atom stereocenters. The monoisotopic (exact) mass is 412 g/mol. The lowest BCUT2D eigenvalue weighted by molar-refractivity contribution is 0.0734. The summed E-state index contributed by atoms with van der Waals surface area (Å²) in [6.45, 7) is 8.42. The lowest BCUT2D eigenvalue weighted by Gasteiger charge is -2.18. The van der Waals surface area contributed by atoms with Gasteiger partial charge in [0.15, 0.2) is 5.76 Å². The molecule has 0 atom stereocenters. The highest BCUT2D eigenvalue weighted by Gasteiger charge is 2.28. The summed E-state index contributed by atoms with van der Waals surface area (Å²) in [5.41, 5.74) is 4.14. The molecule has 0 fully saturated rings. The van der Waals surface area contributed by atoms with Crippen molar-refractivity contribution in [2.75, 3.05) is 0 Å². The molecule has 1 aliphatic heterocycles. The molecule has 4 nitrogen and oxygen atoms in total. The second-order valence-electron chi connectivity index (χ2n) is 8.73. The van der Waals surface area contributed by atoms with Crippen molar-refractivity contribution in [3.8, 4) is 11.5 Å². The Labute approximate surface area is 182 Å². The summed E-state index contributed by atoms with van der Waals surface area (Å²) in [6, 6.07) is 20.0. The van der Waals surface area contributed by atoms with Crippen molar-refractivity contribution in [2.24, 2.45) is 0 Å². The zero-order valence-corrected chi connectivity index (χ0v) is 18.1. The van der Waals surface area contributed by atoms with Crippen LogP contribution in [0.3, 0.4) is 0 Å². The SMILES string of the molecule is Cc1ccc(C(=O)Oc2ccc3c(c2)OC(=Cc2ccc(C(C)(C)C)cc2)C3=O)cc1. The van der Waals surface area contributed by atoms with Gasteiger partial charge in [-0.3, -0.25) is 4.79 Å². The van der Waals surface area contributed by atoms with Crippen LogP contribution in [0.5, 0.6) is 11.5 Å². The fraction of sp³-hybridized carbons (Fsp3) is 0.185. The number of carbonyl (C=O) groups is 2. The van der Waals surface area contributed by atoms with Gasteiger partial charge in [-0.1, -0.05) is 62.7 Å². The van der Waals surface area contributed by atoms with Crippen molar-refractivity contribution >= 4 is 17.8 Å². The highest BCUT2D eigenvalue weighted by Crippen LogP contribution is 2.35. The number of ketones is 1. The minimum absolute atomic E-state index is 0.0635. The van der Waals surface area contributed by atoms with E-state index >= 15 is 0 Å². The summed E-state index contributed by atoms with van der Waals surface area (Å²) in [7, 11) is 0. The third-order valence-electron chi connectivity index (χ3n) is 5.21. The molecule has 0 aliphatic carbocycles. The average molecular weight is 412 g/mol. The van der Waals surface area contributed by atoms with Crippen LogP contribution in [0, 0.1) is 6.92 Å². The van der Waals surface area contributed by atoms with Gasteiger partial charge in [0.25, 0.3) is 0 Å². The number of allylic oxidation sites excluding steroid dienone is 1. The molecule has 0 amide bonds. The fourth-order valence-electron chi connectivity index (χ4n) is 3.32. The summed E-state index contributed by atoms with van der Waals surface area (Å²) in [5, 5.41) is 0. The normalized spacial score (nSPS) is 14.3. The summed E-state index contributed by atoms with van der Waals surface area (Å²) < 4.78 is 11.2. The third-order valence-corrected chi connectivity index (χ3v) is 5.21. The van der Waals surface area contributed by atoms with Gasteiger partial charge >= 0.3 is 5.97 Å². The number of hydrogen-bond donors (Lipinski definition) is 0. The Bertz CT molecular complexity index is 1180. The second-order valence-corrected chi connectivity index (χ2v) is 8.73. The lowest BCUT2D eigenvalue weighted by atomic mass is 9.86. The molecule has 0 radical (unpaired) electrons. The van der Waals surface area contributed by atoms with Crippen LogP contribution in [-0.4, -0.2) is 11.8 Å². The zero-order chi connectivity index (χ0) is 22.2. The molecule has 0 aromatic heterocycles. The third kappa shape index (κ3) is 4.43. The molecule has 3 aromatic rings. The van der Waals surface area contributed by atoms with Crippen LogP contribution < -0.4 is 9.47 Å². The maximum Gasteiger partial charge on any atom is 0.343 e. The van der Waals surface area contributed by atoms with Gasteiger partial charge in [0.2, 0.25) is 5.78 Å². The van der Waals surface area contributed by atoms with Crippen LogP contribution in [0.25, 0.3) is 6.08 Å². The average Bonchev–Trinajstić information content (AvgIpc) is 3.03. The Balaban J connectivity index is 1.52. The number of esters is 1. The number of hydrogen-bond acceptors (Lipinski definition) is 4. The molecule has 31 heavy (non-hydrogen) atoms. The van der Waals surface area contributed by atoms with Crippen LogP contribution in [0.1, 0.15) is 58.2 Å². The van der Waals surface area contributed by atoms with Crippen LogP contribution in [0.15, 0.2) is 72.5 Å². The van der Waals surface area contributed by atoms with Crippen molar-refractivity contribution in [1.29, 1.82) is 0 Å². The number of rotatable bonds is 3. The van der Waals surface area contributed by atoms with E-state index in [1.807, 2.05) is 31.2 Å². The van der Waals surface area contributed by atoms with Crippen molar-refractivity contribution in [1.82, 2.24) is 0 Å². The number of carbonyl (C=O) groups excluding carboxylic acids is 2. The van der Waals surface area contributed by atoms with E-state index in [2.05, 4.69) is 32.9 Å². The first-order valence-corrected chi connectivity index (χ1v) is 10.2. The molecule has 0 saturated carbocycles. The van der Waals surface area contributed by atoms with Crippen LogP contribution in [0.2, 0.25) is 0 Å². The summed E-state index contributed by atoms with van der Waals surface area (Å²) in [6.07, 6.45) is 1.73. The molecule has 4 heteroatoms. The van der Waals surface area contributed by atoms with E-state index in [-0.39, 0.29) is 17.0 Å². The summed E-state index contributed by atoms with van der Waals surface area (Å²) in [4.78, 5) is 25.1. The van der Waals surface area contributed by atoms with Gasteiger partial charge in [-0.15, -0.1) is 0 Å². The maximum absolute atomic E-state index is 12.7. The van der Waals surface area contributed by atoms with Crippen LogP contribution >= 0.6 is 0 Å². The molecule has 1 aliphatic rings. The minimum Gasteiger partial charge on any atom is -0.452 e. The van der Waals surface area contributed by atoms with E-state index in [9.17, 15) is 9.59 Å². The Morgan fingerprint density at radius 2 is 1.61 bits per heavy atom. The van der Waals surface area contributed by atoms with Gasteiger partial charge in [-0.25, -0.2) is 4.79 Å². The van der Waals surface area contributed by atoms with Gasteiger partial charge in [-0.2, -0.15) is 0 Å². The predicted molar refractivity (Wildman–Crippen MR) is 121 cm³/mol. The standard InChI is InChI=1S/C27H24O4/c1-17-5-9-19(10-6-17)26(29)30-21-13-14-22-23(16-21)31-24(25(22)28)15-18-7-11-20(12-8-18)27(2,3)4/h5-16H,1-4H3. The van der Waals surface area contributed by atoms with Gasteiger partial charge in [0.05, 0.1) is 11.1 Å². The zero-order valence-electron chi connectivity index (χ0n) is 18.1. The first kappa shape index (κ1) is 20.6. The Kier molecular flexibility index (Phi) is 5.24. The van der Waals surface area contributed by atoms with Gasteiger partial charge in [-0.05, 0) is 53.8 Å². The lowest BCUT2D eigenvalue weighted by Crippen LogP contribution is -2.10. The molecule has 0 bridgehead atoms. The number of ether oxygens (including phenoxy) is 2. The van der Waals surface area contributed by atoms with Gasteiger partial charge < -0.3 is 9.47 Å². The molecule has 3 aromatic carbocycles. The smallest absolute Gasteiger partial charge is 0.343 e. The van der Waals surface area contributed by atoms with Crippen LogP contribution in [-0.2, 0) is 5.41 Å². The Hall–Kier alpha value is -3.66. The maximum atomic E-state index is 12.7. The molecule has 0 spiro atoms. The summed E-state index contributed by atoms with van der Waals surface area (Å²) >= 11 is 0. The second kappa shape index (κ2) is 7.88. The highest BCUT2D eigenvalue weighted by atomic mass is 16.5. The molecular weight excluding hydrogens is 388 g/mol. The molecule has 4 rings (SSSR count). The number of Topliss-reactive ketones (excluding diaryl/α,β-unsaturated/α-hetero) is 1. The van der Waals surface area contributed by atoms with Gasteiger partial charge in [0, 0.05) is 6.07 Å². The van der Waals surface area contributed by atoms with E-state index in [0.717, 1.165) is 11.1 Å². The van der Waals surface area contributed by atoms with Crippen molar-refractivity contribution < 1.29 is 19.1 Å². The first-order valence-electron chi connectivity index (χ1n) is 10.2. The van der Waals surface area contributed by atoms with Crippen molar-refractivity contribution in [3.63, 3.8) is 0 Å². The van der Waals surface area contributed by atoms with E-state index in [1.54, 1.807) is 36.4 Å². The molecule has 1 heterocycles. The quantitative estimate of drug-likeness (QED) is 0.295. The van der Waals surface area contributed by atoms with E-state index in [0.29, 0.717) is 22.6 Å². The van der Waals surface area contributed by atoms with Crippen molar-refractivity contribution in [2.45, 2.75) is 33.1 Å². The molecule has 156 valence electrons. The molecule has 0 saturated heterocycles. The van der Waals surface area contributed by atoms with E-state index in [1.165, 1.54) is 5.56 Å². The van der Waals surface area contributed by atoms with Crippen molar-refractivity contribution in [3.05, 3.63) is 100 Å².